The second kappa shape index (κ2) is 13.8. The van der Waals surface area contributed by atoms with Gasteiger partial charge in [-0.25, -0.2) is 14.2 Å². The van der Waals surface area contributed by atoms with Crippen molar-refractivity contribution >= 4 is 34.6 Å². The summed E-state index contributed by atoms with van der Waals surface area (Å²) in [6.45, 7) is 3.59. The van der Waals surface area contributed by atoms with Crippen LogP contribution in [-0.4, -0.2) is 81.5 Å². The second-order valence-corrected chi connectivity index (χ2v) is 10.5. The Hall–Kier alpha value is -4.62. The molecule has 0 aromatic carbocycles. The van der Waals surface area contributed by atoms with Gasteiger partial charge in [-0.3, -0.25) is 23.9 Å². The van der Waals surface area contributed by atoms with E-state index in [0.29, 0.717) is 17.6 Å². The van der Waals surface area contributed by atoms with Crippen LogP contribution in [0.5, 0.6) is 0 Å². The third kappa shape index (κ3) is 7.98. The van der Waals surface area contributed by atoms with Gasteiger partial charge >= 0.3 is 6.09 Å². The topological polar surface area (TPSA) is 143 Å². The van der Waals surface area contributed by atoms with Crippen LogP contribution in [0.15, 0.2) is 35.3 Å². The van der Waals surface area contributed by atoms with Crippen LogP contribution >= 0.6 is 0 Å². The van der Waals surface area contributed by atoms with E-state index >= 15 is 0 Å². The number of rotatable bonds is 11. The fourth-order valence-corrected chi connectivity index (χ4v) is 3.89. The maximum absolute atomic E-state index is 14.8. The summed E-state index contributed by atoms with van der Waals surface area (Å²) in [4.78, 5) is 64.0. The average Bonchev–Trinajstić information content (AvgIpc) is 3.36. The standard InChI is InChI=1S/C28H35F2N7O5/c1-16(2)13-19-25-24(17(29)14-31-19)33-22(34-25)15-37-21(30)12-11-18(27(37)40)32-26(39)20(42-28(41)36(5)6)9-7-8-10-23(38)35(3)4/h8,10-12,14,16,20H,7,9,13,15H2,1-6H3,(H,32,39)(H,33,34)/b10-8+/t20-/m0/s1. The molecule has 2 N–H and O–H groups in total. The SMILES string of the molecule is CC(C)Cc1ncc(F)c2nc(Cn3c(F)ccc(NC(=O)[C@H](CC/C=C/C(=O)N(C)C)OC(=O)N(C)C)c3=O)[nH]c12. The molecule has 0 aliphatic rings. The lowest BCUT2D eigenvalue weighted by Gasteiger charge is -2.20. The maximum Gasteiger partial charge on any atom is 0.410 e. The second-order valence-electron chi connectivity index (χ2n) is 10.5. The summed E-state index contributed by atoms with van der Waals surface area (Å²) >= 11 is 0. The number of allylic oxidation sites excluding steroid dienone is 1. The first-order chi connectivity index (χ1) is 19.8. The van der Waals surface area contributed by atoms with Crippen LogP contribution < -0.4 is 10.9 Å². The highest BCUT2D eigenvalue weighted by Gasteiger charge is 2.25. The van der Waals surface area contributed by atoms with Crippen LogP contribution in [0.3, 0.4) is 0 Å². The van der Waals surface area contributed by atoms with Crippen molar-refractivity contribution < 1.29 is 27.9 Å². The third-order valence-corrected chi connectivity index (χ3v) is 6.09. The highest BCUT2D eigenvalue weighted by Crippen LogP contribution is 2.21. The number of hydrogen-bond donors (Lipinski definition) is 2. The Bertz CT molecular complexity index is 1550. The number of aromatic nitrogens is 4. The number of ether oxygens (including phenoxy) is 1. The van der Waals surface area contributed by atoms with Crippen LogP contribution in [0.4, 0.5) is 19.3 Å². The van der Waals surface area contributed by atoms with E-state index in [2.05, 4.69) is 20.3 Å². The number of hydrogen-bond acceptors (Lipinski definition) is 7. The van der Waals surface area contributed by atoms with Crippen molar-refractivity contribution in [1.82, 2.24) is 29.3 Å². The summed E-state index contributed by atoms with van der Waals surface area (Å²) in [6, 6.07) is 2.08. The molecule has 42 heavy (non-hydrogen) atoms. The number of H-pyrrole nitrogens is 1. The number of halogens is 2. The molecule has 0 fully saturated rings. The third-order valence-electron chi connectivity index (χ3n) is 6.09. The molecule has 226 valence electrons. The molecule has 3 aromatic heterocycles. The van der Waals surface area contributed by atoms with Crippen LogP contribution in [0.1, 0.15) is 38.2 Å². The molecule has 3 heterocycles. The fourth-order valence-electron chi connectivity index (χ4n) is 3.89. The van der Waals surface area contributed by atoms with Crippen LogP contribution in [0.2, 0.25) is 0 Å². The quantitative estimate of drug-likeness (QED) is 0.259. The number of carbonyl (C=O) groups is 3. The van der Waals surface area contributed by atoms with E-state index in [1.54, 1.807) is 14.1 Å². The van der Waals surface area contributed by atoms with Gasteiger partial charge in [0.2, 0.25) is 5.91 Å². The molecule has 0 radical (unpaired) electrons. The lowest BCUT2D eigenvalue weighted by Crippen LogP contribution is -2.38. The largest absolute Gasteiger partial charge is 0.436 e. The summed E-state index contributed by atoms with van der Waals surface area (Å²) in [5, 5.41) is 2.41. The number of likely N-dealkylation sites (N-methyl/N-ethyl adjacent to an activating group) is 1. The Balaban J connectivity index is 1.85. The first kappa shape index (κ1) is 31.9. The summed E-state index contributed by atoms with van der Waals surface area (Å²) < 4.78 is 35.2. The lowest BCUT2D eigenvalue weighted by molar-refractivity contribution is -0.125. The number of amides is 3. The first-order valence-electron chi connectivity index (χ1n) is 13.3. The molecule has 0 saturated carbocycles. The normalized spacial score (nSPS) is 12.1. The first-order valence-corrected chi connectivity index (χ1v) is 13.3. The van der Waals surface area contributed by atoms with Gasteiger partial charge in [-0.1, -0.05) is 19.9 Å². The van der Waals surface area contributed by atoms with Gasteiger partial charge < -0.3 is 24.8 Å². The summed E-state index contributed by atoms with van der Waals surface area (Å²) in [6.07, 6.45) is 2.60. The Labute approximate surface area is 241 Å². The predicted octanol–water partition coefficient (Wildman–Crippen LogP) is 3.07. The number of anilines is 1. The molecule has 0 aliphatic carbocycles. The highest BCUT2D eigenvalue weighted by atomic mass is 19.1. The van der Waals surface area contributed by atoms with Crippen molar-refractivity contribution in [2.75, 3.05) is 33.5 Å². The molecule has 1 atom stereocenters. The molecule has 0 unspecified atom stereocenters. The van der Waals surface area contributed by atoms with Gasteiger partial charge in [-0.15, -0.1) is 0 Å². The number of aromatic amines is 1. The molecule has 0 spiro atoms. The Morgan fingerprint density at radius 1 is 1.14 bits per heavy atom. The predicted molar refractivity (Wildman–Crippen MR) is 152 cm³/mol. The van der Waals surface area contributed by atoms with E-state index in [-0.39, 0.29) is 48.2 Å². The number of nitrogens with zero attached hydrogens (tertiary/aromatic N) is 5. The number of fused-ring (bicyclic) bond motifs is 1. The van der Waals surface area contributed by atoms with Crippen LogP contribution in [0.25, 0.3) is 11.0 Å². The zero-order valence-electron chi connectivity index (χ0n) is 24.4. The molecule has 3 aromatic rings. The van der Waals surface area contributed by atoms with Gasteiger partial charge in [-0.05, 0) is 43.4 Å². The summed E-state index contributed by atoms with van der Waals surface area (Å²) in [7, 11) is 6.06. The van der Waals surface area contributed by atoms with Crippen LogP contribution in [-0.2, 0) is 27.3 Å². The molecule has 14 heteroatoms. The smallest absolute Gasteiger partial charge is 0.410 e. The van der Waals surface area contributed by atoms with Gasteiger partial charge in [0.05, 0.1) is 24.0 Å². The maximum atomic E-state index is 14.8. The minimum Gasteiger partial charge on any atom is -0.436 e. The van der Waals surface area contributed by atoms with Gasteiger partial charge in [0, 0.05) is 28.2 Å². The Kier molecular flexibility index (Phi) is 10.5. The number of imidazole rings is 1. The van der Waals surface area contributed by atoms with Crippen molar-refractivity contribution in [2.45, 2.75) is 45.8 Å². The average molecular weight is 588 g/mol. The Morgan fingerprint density at radius 2 is 1.86 bits per heavy atom. The fraction of sp³-hybridized carbons (Fsp3) is 0.429. The minimum atomic E-state index is -1.32. The molecule has 3 rings (SSSR count). The monoisotopic (exact) mass is 587 g/mol. The molecule has 3 amide bonds. The van der Waals surface area contributed by atoms with E-state index in [4.69, 9.17) is 4.74 Å². The minimum absolute atomic E-state index is 0.00923. The lowest BCUT2D eigenvalue weighted by atomic mass is 10.1. The molecular formula is C28H35F2N7O5. The van der Waals surface area contributed by atoms with E-state index in [0.717, 1.165) is 27.8 Å². The number of carbonyl (C=O) groups excluding carboxylic acids is 3. The number of nitrogens with one attached hydrogen (secondary N) is 2. The number of pyridine rings is 2. The van der Waals surface area contributed by atoms with E-state index < -0.39 is 35.4 Å². The molecule has 0 aliphatic heterocycles. The molecule has 0 bridgehead atoms. The van der Waals surface area contributed by atoms with Gasteiger partial charge in [0.1, 0.15) is 17.0 Å². The molecular weight excluding hydrogens is 552 g/mol. The van der Waals surface area contributed by atoms with Gasteiger partial charge in [0.15, 0.2) is 17.9 Å². The van der Waals surface area contributed by atoms with Gasteiger partial charge in [-0.2, -0.15) is 4.39 Å². The van der Waals surface area contributed by atoms with E-state index in [9.17, 15) is 28.0 Å². The zero-order valence-corrected chi connectivity index (χ0v) is 24.4. The molecule has 0 saturated heterocycles. The van der Waals surface area contributed by atoms with Crippen molar-refractivity contribution in [3.05, 3.63) is 64.1 Å². The van der Waals surface area contributed by atoms with Crippen molar-refractivity contribution in [2.24, 2.45) is 5.92 Å². The Morgan fingerprint density at radius 3 is 2.50 bits per heavy atom. The van der Waals surface area contributed by atoms with Crippen molar-refractivity contribution in [1.29, 1.82) is 0 Å². The zero-order chi connectivity index (χ0) is 31.1. The van der Waals surface area contributed by atoms with Crippen molar-refractivity contribution in [3.8, 4) is 0 Å². The van der Waals surface area contributed by atoms with Crippen molar-refractivity contribution in [3.63, 3.8) is 0 Å². The van der Waals surface area contributed by atoms with E-state index in [1.165, 1.54) is 31.1 Å². The highest BCUT2D eigenvalue weighted by molar-refractivity contribution is 5.95. The van der Waals surface area contributed by atoms with Crippen LogP contribution in [0, 0.1) is 17.7 Å². The summed E-state index contributed by atoms with van der Waals surface area (Å²) in [5.41, 5.74) is -0.175. The van der Waals surface area contributed by atoms with Gasteiger partial charge in [0.25, 0.3) is 11.5 Å². The van der Waals surface area contributed by atoms with E-state index in [1.807, 2.05) is 13.8 Å². The molecule has 12 nitrogen and oxygen atoms in total. The summed E-state index contributed by atoms with van der Waals surface area (Å²) in [5.74, 6) is -2.30.